The third kappa shape index (κ3) is 1.75. The summed E-state index contributed by atoms with van der Waals surface area (Å²) in [6.45, 7) is 1.88. The summed E-state index contributed by atoms with van der Waals surface area (Å²) in [6.07, 6.45) is 2.86. The van der Waals surface area contributed by atoms with E-state index in [0.717, 1.165) is 16.5 Å². The first-order valence-corrected chi connectivity index (χ1v) is 4.65. The number of aliphatic hydroxyl groups is 1. The molecule has 0 radical (unpaired) electrons. The number of rotatable bonds is 2. The zero-order chi connectivity index (χ0) is 11.7. The number of nitrogens with one attached hydrogen (secondary N) is 1. The molecule has 1 aromatic heterocycles. The minimum Gasteiger partial charge on any atom is -0.502 e. The molecule has 82 valence electrons. The van der Waals surface area contributed by atoms with E-state index in [9.17, 15) is 4.79 Å². The van der Waals surface area contributed by atoms with Crippen LogP contribution in [0.25, 0.3) is 17.0 Å². The molecule has 16 heavy (non-hydrogen) atoms. The fourth-order valence-corrected chi connectivity index (χ4v) is 1.57. The number of hydrogen-bond donors (Lipinski definition) is 3. The molecule has 5 heteroatoms. The molecule has 0 spiro atoms. The van der Waals surface area contributed by atoms with Crippen molar-refractivity contribution >= 4 is 22.9 Å². The molecule has 0 amide bonds. The Kier molecular flexibility index (Phi) is 2.36. The number of hydrogen-bond acceptors (Lipinski definition) is 3. The normalized spacial score (nSPS) is 11.9. The number of carboxylic acid groups (broad SMARTS) is 1. The Bertz CT molecular complexity index is 584. The van der Waals surface area contributed by atoms with E-state index in [2.05, 4.69) is 10.2 Å². The molecule has 0 saturated heterocycles. The monoisotopic (exact) mass is 218 g/mol. The quantitative estimate of drug-likeness (QED) is 0.530. The molecule has 5 nitrogen and oxygen atoms in total. The van der Waals surface area contributed by atoms with Crippen molar-refractivity contribution in [1.29, 1.82) is 0 Å². The molecule has 0 aliphatic rings. The van der Waals surface area contributed by atoms with Gasteiger partial charge in [-0.15, -0.1) is 0 Å². The maximum atomic E-state index is 10.5. The molecule has 0 fully saturated rings. The fraction of sp³-hybridized carbons (Fsp3) is 0.0909. The standard InChI is InChI=1S/C11H10N2O3/c1-6-2-7(4-9(14)11(15)16)3-8-5-12-13-10(6)8/h2-5,14H,1H3,(H,12,13)(H,15,16)/b9-4+. The third-order valence-corrected chi connectivity index (χ3v) is 2.29. The Balaban J connectivity index is 2.54. The molecular weight excluding hydrogens is 208 g/mol. The lowest BCUT2D eigenvalue weighted by Crippen LogP contribution is -1.98. The van der Waals surface area contributed by atoms with E-state index in [4.69, 9.17) is 10.2 Å². The number of aromatic amines is 1. The Morgan fingerprint density at radius 3 is 2.88 bits per heavy atom. The summed E-state index contributed by atoms with van der Waals surface area (Å²) in [5.74, 6) is -2.02. The lowest BCUT2D eigenvalue weighted by atomic mass is 10.1. The van der Waals surface area contributed by atoms with Crippen LogP contribution >= 0.6 is 0 Å². The number of benzene rings is 1. The highest BCUT2D eigenvalue weighted by molar-refractivity contribution is 5.91. The van der Waals surface area contributed by atoms with Gasteiger partial charge in [0.05, 0.1) is 11.7 Å². The van der Waals surface area contributed by atoms with Gasteiger partial charge < -0.3 is 10.2 Å². The molecule has 1 aromatic carbocycles. The smallest absolute Gasteiger partial charge is 0.370 e. The lowest BCUT2D eigenvalue weighted by molar-refractivity contribution is -0.135. The van der Waals surface area contributed by atoms with Crippen molar-refractivity contribution in [2.45, 2.75) is 6.92 Å². The summed E-state index contributed by atoms with van der Waals surface area (Å²) in [4.78, 5) is 10.5. The van der Waals surface area contributed by atoms with Crippen LogP contribution < -0.4 is 0 Å². The van der Waals surface area contributed by atoms with Gasteiger partial charge in [0.2, 0.25) is 5.76 Å². The molecule has 0 aliphatic carbocycles. The number of H-pyrrole nitrogens is 1. The Morgan fingerprint density at radius 2 is 2.19 bits per heavy atom. The first-order valence-electron chi connectivity index (χ1n) is 4.65. The predicted molar refractivity (Wildman–Crippen MR) is 59.1 cm³/mol. The summed E-state index contributed by atoms with van der Waals surface area (Å²) in [7, 11) is 0. The lowest BCUT2D eigenvalue weighted by Gasteiger charge is -1.99. The summed E-state index contributed by atoms with van der Waals surface area (Å²) < 4.78 is 0. The van der Waals surface area contributed by atoms with Crippen LogP contribution in [0, 0.1) is 6.92 Å². The summed E-state index contributed by atoms with van der Waals surface area (Å²) in [6, 6.07) is 3.53. The van der Waals surface area contributed by atoms with Crippen LogP contribution in [0.3, 0.4) is 0 Å². The van der Waals surface area contributed by atoms with Gasteiger partial charge in [-0.1, -0.05) is 0 Å². The van der Waals surface area contributed by atoms with Crippen LogP contribution in [-0.4, -0.2) is 26.4 Å². The Hall–Kier alpha value is -2.30. The molecule has 3 N–H and O–H groups in total. The second kappa shape index (κ2) is 3.69. The number of aromatic nitrogens is 2. The maximum Gasteiger partial charge on any atom is 0.370 e. The zero-order valence-corrected chi connectivity index (χ0v) is 8.56. The van der Waals surface area contributed by atoms with Crippen LogP contribution in [0.2, 0.25) is 0 Å². The highest BCUT2D eigenvalue weighted by Crippen LogP contribution is 2.19. The van der Waals surface area contributed by atoms with Crippen molar-refractivity contribution in [3.8, 4) is 0 Å². The first kappa shape index (κ1) is 10.2. The van der Waals surface area contributed by atoms with Gasteiger partial charge in [0.15, 0.2) is 0 Å². The number of fused-ring (bicyclic) bond motifs is 1. The number of carbonyl (C=O) groups is 1. The SMILES string of the molecule is Cc1cc(/C=C(/O)C(=O)O)cc2cn[nH]c12. The van der Waals surface area contributed by atoms with Crippen molar-refractivity contribution in [3.05, 3.63) is 35.2 Å². The molecule has 2 aromatic rings. The highest BCUT2D eigenvalue weighted by atomic mass is 16.4. The number of nitrogens with zero attached hydrogens (tertiary/aromatic N) is 1. The predicted octanol–water partition coefficient (Wildman–Crippen LogP) is 1.85. The van der Waals surface area contributed by atoms with Crippen molar-refractivity contribution in [2.75, 3.05) is 0 Å². The minimum atomic E-state index is -1.34. The van der Waals surface area contributed by atoms with Gasteiger partial charge in [-0.2, -0.15) is 5.10 Å². The molecule has 0 bridgehead atoms. The molecule has 1 heterocycles. The van der Waals surface area contributed by atoms with Crippen LogP contribution in [0.1, 0.15) is 11.1 Å². The summed E-state index contributed by atoms with van der Waals surface area (Å²) in [5, 5.41) is 25.3. The van der Waals surface area contributed by atoms with E-state index < -0.39 is 11.7 Å². The topological polar surface area (TPSA) is 86.2 Å². The highest BCUT2D eigenvalue weighted by Gasteiger charge is 2.06. The number of aliphatic hydroxyl groups excluding tert-OH is 1. The number of aliphatic carboxylic acids is 1. The van der Waals surface area contributed by atoms with Crippen LogP contribution in [0.15, 0.2) is 24.1 Å². The fourth-order valence-electron chi connectivity index (χ4n) is 1.57. The van der Waals surface area contributed by atoms with E-state index in [1.165, 1.54) is 6.08 Å². The van der Waals surface area contributed by atoms with Crippen molar-refractivity contribution < 1.29 is 15.0 Å². The molecule has 0 unspecified atom stereocenters. The van der Waals surface area contributed by atoms with Crippen molar-refractivity contribution in [3.63, 3.8) is 0 Å². The molecular formula is C11H10N2O3. The van der Waals surface area contributed by atoms with Gasteiger partial charge in [-0.25, -0.2) is 4.79 Å². The second-order valence-corrected chi connectivity index (χ2v) is 3.51. The molecule has 2 rings (SSSR count). The van der Waals surface area contributed by atoms with Crippen LogP contribution in [0.5, 0.6) is 0 Å². The van der Waals surface area contributed by atoms with E-state index in [1.54, 1.807) is 18.3 Å². The maximum absolute atomic E-state index is 10.5. The van der Waals surface area contributed by atoms with E-state index in [0.29, 0.717) is 5.56 Å². The largest absolute Gasteiger partial charge is 0.502 e. The van der Waals surface area contributed by atoms with Gasteiger partial charge in [0.1, 0.15) is 0 Å². The number of carboxylic acids is 1. The first-order chi connectivity index (χ1) is 7.58. The zero-order valence-electron chi connectivity index (χ0n) is 8.56. The van der Waals surface area contributed by atoms with Crippen molar-refractivity contribution in [1.82, 2.24) is 10.2 Å². The Labute approximate surface area is 91.0 Å². The van der Waals surface area contributed by atoms with Gasteiger partial charge in [0.25, 0.3) is 0 Å². The third-order valence-electron chi connectivity index (χ3n) is 2.29. The van der Waals surface area contributed by atoms with E-state index in [1.807, 2.05) is 6.92 Å². The molecule has 0 atom stereocenters. The van der Waals surface area contributed by atoms with Crippen LogP contribution in [0.4, 0.5) is 0 Å². The molecule has 0 saturated carbocycles. The Morgan fingerprint density at radius 1 is 1.44 bits per heavy atom. The van der Waals surface area contributed by atoms with Crippen LogP contribution in [-0.2, 0) is 4.79 Å². The summed E-state index contributed by atoms with van der Waals surface area (Å²) in [5.41, 5.74) is 2.48. The van der Waals surface area contributed by atoms with Crippen molar-refractivity contribution in [2.24, 2.45) is 0 Å². The van der Waals surface area contributed by atoms with E-state index >= 15 is 0 Å². The minimum absolute atomic E-state index is 0.631. The number of aryl methyl sites for hydroxylation is 1. The van der Waals surface area contributed by atoms with Gasteiger partial charge >= 0.3 is 5.97 Å². The van der Waals surface area contributed by atoms with Gasteiger partial charge in [-0.05, 0) is 36.3 Å². The van der Waals surface area contributed by atoms with E-state index in [-0.39, 0.29) is 0 Å². The second-order valence-electron chi connectivity index (χ2n) is 3.51. The average molecular weight is 218 g/mol. The molecule has 0 aliphatic heterocycles. The van der Waals surface area contributed by atoms with Gasteiger partial charge in [0, 0.05) is 5.39 Å². The summed E-state index contributed by atoms with van der Waals surface area (Å²) >= 11 is 0. The average Bonchev–Trinajstić information content (AvgIpc) is 2.65. The van der Waals surface area contributed by atoms with Gasteiger partial charge in [-0.3, -0.25) is 5.10 Å².